The van der Waals surface area contributed by atoms with Gasteiger partial charge in [0.15, 0.2) is 0 Å². The van der Waals surface area contributed by atoms with E-state index in [1.807, 2.05) is 18.2 Å². The molecule has 0 saturated heterocycles. The van der Waals surface area contributed by atoms with E-state index in [2.05, 4.69) is 84.2 Å². The molecular formula is C24H22BNO. The second-order valence-corrected chi connectivity index (χ2v) is 6.61. The zero-order valence-corrected chi connectivity index (χ0v) is 15.5. The minimum absolute atomic E-state index is 0.0930. The molecule has 0 radical (unpaired) electrons. The fourth-order valence-electron chi connectivity index (χ4n) is 3.87. The van der Waals surface area contributed by atoms with Crippen LogP contribution in [0, 0.1) is 0 Å². The van der Waals surface area contributed by atoms with E-state index in [9.17, 15) is 0 Å². The summed E-state index contributed by atoms with van der Waals surface area (Å²) in [5, 5.41) is 0. The van der Waals surface area contributed by atoms with Crippen LogP contribution in [0.3, 0.4) is 0 Å². The summed E-state index contributed by atoms with van der Waals surface area (Å²) < 4.78 is 5.69. The molecule has 3 heteroatoms. The zero-order chi connectivity index (χ0) is 18.6. The highest BCUT2D eigenvalue weighted by Crippen LogP contribution is 2.38. The van der Waals surface area contributed by atoms with E-state index >= 15 is 0 Å². The SMILES string of the molecule is C=CCN1B(c2ccccc2)C(c2ccccc2OC)=Cc2ccccc21. The summed E-state index contributed by atoms with van der Waals surface area (Å²) in [4.78, 5) is 2.42. The molecule has 0 amide bonds. The number of fused-ring (bicyclic) bond motifs is 1. The summed E-state index contributed by atoms with van der Waals surface area (Å²) in [6, 6.07) is 27.4. The number of para-hydroxylation sites is 2. The Bertz CT molecular complexity index is 980. The van der Waals surface area contributed by atoms with Crippen LogP contribution in [-0.2, 0) is 0 Å². The van der Waals surface area contributed by atoms with Crippen LogP contribution in [0.5, 0.6) is 5.75 Å². The molecule has 1 heterocycles. The van der Waals surface area contributed by atoms with Gasteiger partial charge >= 0.3 is 6.85 Å². The predicted molar refractivity (Wildman–Crippen MR) is 117 cm³/mol. The van der Waals surface area contributed by atoms with Crippen molar-refractivity contribution in [3.05, 3.63) is 103 Å². The Hall–Kier alpha value is -3.20. The van der Waals surface area contributed by atoms with Crippen LogP contribution < -0.4 is 15.0 Å². The molecule has 0 saturated carbocycles. The maximum Gasteiger partial charge on any atom is 0.324 e. The molecule has 27 heavy (non-hydrogen) atoms. The monoisotopic (exact) mass is 351 g/mol. The van der Waals surface area contributed by atoms with Gasteiger partial charge in [-0.2, -0.15) is 0 Å². The van der Waals surface area contributed by atoms with E-state index in [-0.39, 0.29) is 6.85 Å². The van der Waals surface area contributed by atoms with Crippen LogP contribution in [-0.4, -0.2) is 20.5 Å². The highest BCUT2D eigenvalue weighted by atomic mass is 16.5. The lowest BCUT2D eigenvalue weighted by atomic mass is 9.45. The summed E-state index contributed by atoms with van der Waals surface area (Å²) in [7, 11) is 1.73. The average molecular weight is 351 g/mol. The maximum atomic E-state index is 5.69. The highest BCUT2D eigenvalue weighted by molar-refractivity contribution is 6.94. The zero-order valence-electron chi connectivity index (χ0n) is 15.5. The van der Waals surface area contributed by atoms with Gasteiger partial charge in [0.25, 0.3) is 0 Å². The van der Waals surface area contributed by atoms with Crippen LogP contribution in [0.2, 0.25) is 0 Å². The molecule has 0 aromatic heterocycles. The summed E-state index contributed by atoms with van der Waals surface area (Å²) >= 11 is 0. The second-order valence-electron chi connectivity index (χ2n) is 6.61. The molecule has 4 rings (SSSR count). The Balaban J connectivity index is 1.98. The van der Waals surface area contributed by atoms with Crippen molar-refractivity contribution < 1.29 is 4.74 Å². The first-order chi connectivity index (χ1) is 13.3. The number of methoxy groups -OCH3 is 1. The Morgan fingerprint density at radius 2 is 1.63 bits per heavy atom. The predicted octanol–water partition coefficient (Wildman–Crippen LogP) is 4.68. The average Bonchev–Trinajstić information content (AvgIpc) is 2.74. The summed E-state index contributed by atoms with van der Waals surface area (Å²) in [5.41, 5.74) is 6.06. The lowest BCUT2D eigenvalue weighted by Crippen LogP contribution is -2.51. The van der Waals surface area contributed by atoms with Crippen molar-refractivity contribution in [1.29, 1.82) is 0 Å². The molecule has 1 aliphatic heterocycles. The minimum Gasteiger partial charge on any atom is -0.496 e. The van der Waals surface area contributed by atoms with Gasteiger partial charge in [0, 0.05) is 17.8 Å². The quantitative estimate of drug-likeness (QED) is 0.489. The van der Waals surface area contributed by atoms with E-state index < -0.39 is 0 Å². The van der Waals surface area contributed by atoms with Gasteiger partial charge in [-0.15, -0.1) is 6.58 Å². The first kappa shape index (κ1) is 17.2. The number of hydrogen-bond donors (Lipinski definition) is 0. The standard InChI is InChI=1S/C24H22BNO/c1-3-17-26-23-15-9-7-11-19(23)18-22(21-14-8-10-16-24(21)27-2)25(26)20-12-5-4-6-13-20/h3-16,18H,1,17H2,2H3. The molecule has 0 spiro atoms. The Kier molecular flexibility index (Phi) is 4.84. The van der Waals surface area contributed by atoms with E-state index in [1.54, 1.807) is 7.11 Å². The van der Waals surface area contributed by atoms with E-state index in [0.29, 0.717) is 0 Å². The van der Waals surface area contributed by atoms with Crippen molar-refractivity contribution in [2.75, 3.05) is 18.5 Å². The Morgan fingerprint density at radius 3 is 2.41 bits per heavy atom. The maximum absolute atomic E-state index is 5.69. The summed E-state index contributed by atoms with van der Waals surface area (Å²) in [6.07, 6.45) is 4.27. The van der Waals surface area contributed by atoms with E-state index in [4.69, 9.17) is 4.74 Å². The van der Waals surface area contributed by atoms with E-state index in [0.717, 1.165) is 17.9 Å². The molecule has 132 valence electrons. The Labute approximate surface area is 161 Å². The fraction of sp³-hybridized carbons (Fsp3) is 0.0833. The molecule has 1 aliphatic rings. The van der Waals surface area contributed by atoms with Crippen LogP contribution >= 0.6 is 0 Å². The fourth-order valence-corrected chi connectivity index (χ4v) is 3.87. The number of rotatable bonds is 5. The Morgan fingerprint density at radius 1 is 0.926 bits per heavy atom. The molecule has 0 N–H and O–H groups in total. The van der Waals surface area contributed by atoms with Gasteiger partial charge < -0.3 is 9.55 Å². The van der Waals surface area contributed by atoms with Crippen molar-refractivity contribution in [2.24, 2.45) is 0 Å². The molecule has 3 aromatic rings. The third kappa shape index (κ3) is 3.17. The van der Waals surface area contributed by atoms with Gasteiger partial charge in [-0.25, -0.2) is 0 Å². The van der Waals surface area contributed by atoms with Crippen molar-refractivity contribution in [3.63, 3.8) is 0 Å². The van der Waals surface area contributed by atoms with E-state index in [1.165, 1.54) is 22.2 Å². The van der Waals surface area contributed by atoms with Gasteiger partial charge in [-0.3, -0.25) is 0 Å². The number of ether oxygens (including phenoxy) is 1. The smallest absolute Gasteiger partial charge is 0.324 e. The largest absolute Gasteiger partial charge is 0.496 e. The molecule has 0 bridgehead atoms. The number of anilines is 1. The number of hydrogen-bond acceptors (Lipinski definition) is 2. The number of nitrogens with zero attached hydrogens (tertiary/aromatic N) is 1. The van der Waals surface area contributed by atoms with Crippen LogP contribution in [0.4, 0.5) is 5.69 Å². The van der Waals surface area contributed by atoms with Crippen LogP contribution in [0.15, 0.2) is 91.5 Å². The second kappa shape index (κ2) is 7.59. The minimum atomic E-state index is 0.0930. The third-order valence-electron chi connectivity index (χ3n) is 5.02. The van der Waals surface area contributed by atoms with Gasteiger partial charge in [0.05, 0.1) is 7.11 Å². The van der Waals surface area contributed by atoms with Crippen molar-refractivity contribution >= 4 is 29.5 Å². The topological polar surface area (TPSA) is 12.5 Å². The van der Waals surface area contributed by atoms with Gasteiger partial charge in [-0.05, 0) is 23.2 Å². The molecule has 0 aliphatic carbocycles. The summed E-state index contributed by atoms with van der Waals surface area (Å²) in [6.45, 7) is 4.86. The van der Waals surface area contributed by atoms with Gasteiger partial charge in [-0.1, -0.05) is 84.3 Å². The molecule has 0 unspecified atom stereocenters. The molecule has 2 nitrogen and oxygen atoms in total. The number of benzene rings is 3. The lowest BCUT2D eigenvalue weighted by molar-refractivity contribution is 0.413. The normalized spacial score (nSPS) is 13.0. The van der Waals surface area contributed by atoms with Crippen molar-refractivity contribution in [3.8, 4) is 5.75 Å². The first-order valence-corrected chi connectivity index (χ1v) is 9.20. The van der Waals surface area contributed by atoms with Crippen LogP contribution in [0.1, 0.15) is 11.1 Å². The molecule has 3 aromatic carbocycles. The third-order valence-corrected chi connectivity index (χ3v) is 5.02. The highest BCUT2D eigenvalue weighted by Gasteiger charge is 2.35. The van der Waals surface area contributed by atoms with Crippen molar-refractivity contribution in [2.45, 2.75) is 0 Å². The molecule has 0 fully saturated rings. The first-order valence-electron chi connectivity index (χ1n) is 9.20. The van der Waals surface area contributed by atoms with Crippen molar-refractivity contribution in [1.82, 2.24) is 0 Å². The van der Waals surface area contributed by atoms with Gasteiger partial charge in [0.1, 0.15) is 5.75 Å². The lowest BCUT2D eigenvalue weighted by Gasteiger charge is -2.37. The molecule has 0 atom stereocenters. The van der Waals surface area contributed by atoms with Crippen LogP contribution in [0.25, 0.3) is 11.5 Å². The molecular weight excluding hydrogens is 329 g/mol. The van der Waals surface area contributed by atoms with Gasteiger partial charge in [0.2, 0.25) is 0 Å². The summed E-state index contributed by atoms with van der Waals surface area (Å²) in [5.74, 6) is 0.891.